The topological polar surface area (TPSA) is 56.8 Å². The number of ether oxygens (including phenoxy) is 1. The van der Waals surface area contributed by atoms with Gasteiger partial charge in [0.2, 0.25) is 5.76 Å². The van der Waals surface area contributed by atoms with Crippen molar-refractivity contribution in [3.8, 4) is 0 Å². The third kappa shape index (κ3) is 3.54. The second kappa shape index (κ2) is 7.63. The lowest BCUT2D eigenvalue weighted by Crippen LogP contribution is -2.54. The summed E-state index contributed by atoms with van der Waals surface area (Å²) in [6, 6.07) is 6.05. The van der Waals surface area contributed by atoms with Crippen LogP contribution >= 0.6 is 0 Å². The summed E-state index contributed by atoms with van der Waals surface area (Å²) in [5, 5.41) is 4.73. The van der Waals surface area contributed by atoms with E-state index in [4.69, 9.17) is 4.74 Å². The van der Waals surface area contributed by atoms with Gasteiger partial charge in [0, 0.05) is 26.2 Å². The number of hydrogen-bond donors (Lipinski definition) is 2. The third-order valence-corrected chi connectivity index (χ3v) is 5.22. The first-order valence-electron chi connectivity index (χ1n) is 9.41. The molecule has 0 atom stereocenters. The first-order chi connectivity index (χ1) is 12.7. The smallest absolute Gasteiger partial charge is 0.309 e. The summed E-state index contributed by atoms with van der Waals surface area (Å²) in [7, 11) is 0. The van der Waals surface area contributed by atoms with Crippen LogP contribution in [0, 0.1) is 5.82 Å². The summed E-state index contributed by atoms with van der Waals surface area (Å²) in [4.78, 5) is 15.4. The monoisotopic (exact) mass is 360 g/mol. The average Bonchev–Trinajstić information content (AvgIpc) is 3.17. The zero-order valence-corrected chi connectivity index (χ0v) is 14.8. The number of carbonyl (C=O) groups is 1. The molecule has 2 fully saturated rings. The molecule has 1 amide bonds. The molecule has 3 aliphatic rings. The lowest BCUT2D eigenvalue weighted by atomic mass is 10.2. The van der Waals surface area contributed by atoms with Gasteiger partial charge < -0.3 is 15.0 Å². The number of rotatable bonds is 4. The first-order valence-corrected chi connectivity index (χ1v) is 9.41. The molecule has 0 unspecified atom stereocenters. The fraction of sp³-hybridized carbons (Fsp3) is 0.526. The van der Waals surface area contributed by atoms with Gasteiger partial charge >= 0.3 is 5.91 Å². The lowest BCUT2D eigenvalue weighted by molar-refractivity contribution is -0.121. The molecule has 2 N–H and O–H groups in total. The third-order valence-electron chi connectivity index (χ3n) is 5.22. The highest BCUT2D eigenvalue weighted by Crippen LogP contribution is 2.29. The number of halogens is 1. The molecule has 0 aromatic heterocycles. The van der Waals surface area contributed by atoms with Gasteiger partial charge in [-0.25, -0.2) is 14.8 Å². The molecule has 4 rings (SSSR count). The van der Waals surface area contributed by atoms with Gasteiger partial charge in [-0.2, -0.15) is 0 Å². The molecule has 1 aromatic carbocycles. The van der Waals surface area contributed by atoms with E-state index >= 15 is 0 Å². The summed E-state index contributed by atoms with van der Waals surface area (Å²) in [5.41, 5.74) is 4.53. The van der Waals surface area contributed by atoms with Crippen molar-refractivity contribution in [2.45, 2.75) is 31.8 Å². The highest BCUT2D eigenvalue weighted by molar-refractivity contribution is 6.05. The normalized spacial score (nSPS) is 22.3. The Balaban J connectivity index is 1.63. The van der Waals surface area contributed by atoms with Crippen LogP contribution in [-0.2, 0) is 9.53 Å². The van der Waals surface area contributed by atoms with Crippen molar-refractivity contribution in [2.24, 2.45) is 0 Å². The van der Waals surface area contributed by atoms with Crippen molar-refractivity contribution < 1.29 is 13.9 Å². The first kappa shape index (κ1) is 17.3. The maximum Gasteiger partial charge on any atom is 0.309 e. The fourth-order valence-corrected chi connectivity index (χ4v) is 3.84. The molecule has 1 saturated carbocycles. The quantitative estimate of drug-likeness (QED) is 0.857. The van der Waals surface area contributed by atoms with E-state index in [1.165, 1.54) is 17.1 Å². The van der Waals surface area contributed by atoms with Crippen molar-refractivity contribution in [3.63, 3.8) is 0 Å². The Morgan fingerprint density at radius 2 is 1.92 bits per heavy atom. The average molecular weight is 360 g/mol. The Morgan fingerprint density at radius 1 is 1.15 bits per heavy atom. The molecule has 6 nitrogen and oxygen atoms in total. The molecule has 1 saturated heterocycles. The molecular weight excluding hydrogens is 335 g/mol. The van der Waals surface area contributed by atoms with Crippen molar-refractivity contribution in [2.75, 3.05) is 37.7 Å². The summed E-state index contributed by atoms with van der Waals surface area (Å²) >= 11 is 0. The van der Waals surface area contributed by atoms with Gasteiger partial charge in [0.1, 0.15) is 5.82 Å². The molecule has 2 heterocycles. The van der Waals surface area contributed by atoms with Crippen LogP contribution in [0.3, 0.4) is 0 Å². The number of nitrogens with one attached hydrogen (secondary N) is 2. The summed E-state index contributed by atoms with van der Waals surface area (Å²) in [6.45, 7) is 3.97. The maximum absolute atomic E-state index is 13.6. The van der Waals surface area contributed by atoms with Crippen molar-refractivity contribution in [1.82, 2.24) is 15.6 Å². The highest BCUT2D eigenvalue weighted by Gasteiger charge is 2.34. The van der Waals surface area contributed by atoms with E-state index in [0.717, 1.165) is 57.6 Å². The number of benzene rings is 1. The van der Waals surface area contributed by atoms with E-state index in [1.54, 1.807) is 12.1 Å². The van der Waals surface area contributed by atoms with Gasteiger partial charge in [-0.1, -0.05) is 6.07 Å². The van der Waals surface area contributed by atoms with Crippen LogP contribution in [0.2, 0.25) is 0 Å². The number of piperazine rings is 1. The number of anilines is 1. The van der Waals surface area contributed by atoms with E-state index < -0.39 is 0 Å². The largest absolute Gasteiger partial charge is 0.483 e. The minimum Gasteiger partial charge on any atom is -0.483 e. The summed E-state index contributed by atoms with van der Waals surface area (Å²) in [5.74, 6) is -0.198. The van der Waals surface area contributed by atoms with Crippen LogP contribution in [0.15, 0.2) is 35.7 Å². The van der Waals surface area contributed by atoms with Crippen LogP contribution in [0.5, 0.6) is 0 Å². The number of nitrogens with zero attached hydrogens (tertiary/aromatic N) is 2. The molecule has 0 spiro atoms. The zero-order valence-electron chi connectivity index (χ0n) is 14.8. The van der Waals surface area contributed by atoms with Crippen LogP contribution in [0.25, 0.3) is 0 Å². The van der Waals surface area contributed by atoms with Crippen LogP contribution < -0.4 is 15.8 Å². The van der Waals surface area contributed by atoms with Crippen LogP contribution in [-0.4, -0.2) is 49.6 Å². The maximum atomic E-state index is 13.6. The molecule has 1 aliphatic carbocycles. The molecule has 2 aliphatic heterocycles. The van der Waals surface area contributed by atoms with Crippen molar-refractivity contribution in [1.29, 1.82) is 0 Å². The number of carbonyl (C=O) groups excluding carboxylic acids is 1. The summed E-state index contributed by atoms with van der Waals surface area (Å²) < 4.78 is 19.8. The van der Waals surface area contributed by atoms with Gasteiger partial charge in [0.25, 0.3) is 0 Å². The van der Waals surface area contributed by atoms with Gasteiger partial charge in [0.05, 0.1) is 24.0 Å². The predicted octanol–water partition coefficient (Wildman–Crippen LogP) is 1.75. The van der Waals surface area contributed by atoms with E-state index in [-0.39, 0.29) is 17.8 Å². The molecule has 0 bridgehead atoms. The van der Waals surface area contributed by atoms with Crippen molar-refractivity contribution in [3.05, 3.63) is 41.5 Å². The van der Waals surface area contributed by atoms with Crippen LogP contribution in [0.1, 0.15) is 25.7 Å². The molecule has 7 heteroatoms. The second-order valence-corrected chi connectivity index (χ2v) is 6.99. The van der Waals surface area contributed by atoms with E-state index in [1.807, 2.05) is 0 Å². The van der Waals surface area contributed by atoms with Gasteiger partial charge in [0.15, 0.2) is 0 Å². The molecule has 140 valence electrons. The van der Waals surface area contributed by atoms with Crippen LogP contribution in [0.4, 0.5) is 10.1 Å². The van der Waals surface area contributed by atoms with E-state index in [9.17, 15) is 9.18 Å². The van der Waals surface area contributed by atoms with E-state index in [2.05, 4.69) is 15.6 Å². The Hall–Kier alpha value is -2.12. The lowest BCUT2D eigenvalue weighted by Gasteiger charge is -2.38. The van der Waals surface area contributed by atoms with Gasteiger partial charge in [-0.05, 0) is 43.9 Å². The predicted molar refractivity (Wildman–Crippen MR) is 96.7 cm³/mol. The summed E-state index contributed by atoms with van der Waals surface area (Å²) in [6.07, 6.45) is 4.35. The van der Waals surface area contributed by atoms with Gasteiger partial charge in [-0.15, -0.1) is 0 Å². The Morgan fingerprint density at radius 3 is 2.65 bits per heavy atom. The Labute approximate surface area is 152 Å². The van der Waals surface area contributed by atoms with Gasteiger partial charge in [-0.3, -0.25) is 4.79 Å². The van der Waals surface area contributed by atoms with E-state index in [0.29, 0.717) is 18.0 Å². The SMILES string of the molecule is O=C1C(OC2CCCC2)=C(N2CCNCC2)CNN1c1cccc(F)c1. The standard InChI is InChI=1S/C19H25FN4O2/c20-14-4-3-5-15(12-14)24-19(25)18(26-16-6-1-2-7-16)17(13-22-24)23-10-8-21-9-11-23/h3-5,12,16,21-22H,1-2,6-11,13H2. The number of hydrazine groups is 1. The Kier molecular flexibility index (Phi) is 5.08. The minimum absolute atomic E-state index is 0.0966. The fourth-order valence-electron chi connectivity index (χ4n) is 3.84. The Bertz CT molecular complexity index is 697. The second-order valence-electron chi connectivity index (χ2n) is 6.99. The molecule has 0 radical (unpaired) electrons. The molecule has 1 aromatic rings. The van der Waals surface area contributed by atoms with Crippen molar-refractivity contribution >= 4 is 11.6 Å². The minimum atomic E-state index is -0.368. The number of hydrogen-bond acceptors (Lipinski definition) is 5. The number of amides is 1. The zero-order chi connectivity index (χ0) is 17.9. The highest BCUT2D eigenvalue weighted by atomic mass is 19.1. The molecular formula is C19H25FN4O2. The molecule has 26 heavy (non-hydrogen) atoms.